The van der Waals surface area contributed by atoms with Crippen molar-refractivity contribution in [3.8, 4) is 0 Å². The summed E-state index contributed by atoms with van der Waals surface area (Å²) in [4.78, 5) is 10.7. The SMILES string of the molecule is O=C(O)C1(CC(F)F)CCSC1. The molecule has 2 nitrogen and oxygen atoms in total. The molecule has 1 fully saturated rings. The fraction of sp³-hybridized carbons (Fsp3) is 0.857. The number of alkyl halides is 2. The van der Waals surface area contributed by atoms with Crippen LogP contribution in [-0.4, -0.2) is 29.0 Å². The molecule has 1 rings (SSSR count). The zero-order chi connectivity index (χ0) is 9.19. The van der Waals surface area contributed by atoms with Crippen LogP contribution in [0.5, 0.6) is 0 Å². The molecule has 1 aliphatic rings. The van der Waals surface area contributed by atoms with Gasteiger partial charge in [-0.2, -0.15) is 11.8 Å². The summed E-state index contributed by atoms with van der Waals surface area (Å²) in [5.74, 6) is -0.0705. The molecule has 0 aromatic heterocycles. The van der Waals surface area contributed by atoms with Gasteiger partial charge in [-0.3, -0.25) is 4.79 Å². The van der Waals surface area contributed by atoms with Crippen LogP contribution < -0.4 is 0 Å². The van der Waals surface area contributed by atoms with E-state index >= 15 is 0 Å². The third-order valence-electron chi connectivity index (χ3n) is 2.10. The van der Waals surface area contributed by atoms with Gasteiger partial charge < -0.3 is 5.11 Å². The van der Waals surface area contributed by atoms with E-state index in [0.29, 0.717) is 17.9 Å². The standard InChI is InChI=1S/C7H10F2O2S/c8-5(9)3-7(6(10)11)1-2-12-4-7/h5H,1-4H2,(H,10,11). The van der Waals surface area contributed by atoms with Crippen LogP contribution in [0.25, 0.3) is 0 Å². The van der Waals surface area contributed by atoms with E-state index in [2.05, 4.69) is 0 Å². The molecule has 0 aromatic carbocycles. The molecule has 1 atom stereocenters. The quantitative estimate of drug-likeness (QED) is 0.748. The highest BCUT2D eigenvalue weighted by Crippen LogP contribution is 2.40. The van der Waals surface area contributed by atoms with Crippen molar-refractivity contribution in [2.75, 3.05) is 11.5 Å². The molecule has 0 spiro atoms. The highest BCUT2D eigenvalue weighted by molar-refractivity contribution is 7.99. The fourth-order valence-corrected chi connectivity index (χ4v) is 2.78. The molecule has 5 heteroatoms. The lowest BCUT2D eigenvalue weighted by atomic mass is 9.84. The lowest BCUT2D eigenvalue weighted by molar-refractivity contribution is -0.149. The maximum absolute atomic E-state index is 12.0. The molecule has 0 bridgehead atoms. The van der Waals surface area contributed by atoms with Gasteiger partial charge in [-0.05, 0) is 12.2 Å². The van der Waals surface area contributed by atoms with Crippen molar-refractivity contribution in [3.63, 3.8) is 0 Å². The smallest absolute Gasteiger partial charge is 0.310 e. The first-order chi connectivity index (χ1) is 5.57. The van der Waals surface area contributed by atoms with Gasteiger partial charge in [0.2, 0.25) is 6.43 Å². The van der Waals surface area contributed by atoms with E-state index in [1.807, 2.05) is 0 Å². The predicted octanol–water partition coefficient (Wildman–Crippen LogP) is 1.85. The third-order valence-corrected chi connectivity index (χ3v) is 3.35. The zero-order valence-corrected chi connectivity index (χ0v) is 7.24. The minimum atomic E-state index is -2.51. The van der Waals surface area contributed by atoms with Gasteiger partial charge in [-0.25, -0.2) is 8.78 Å². The zero-order valence-electron chi connectivity index (χ0n) is 6.43. The molecule has 0 aromatic rings. The summed E-state index contributed by atoms with van der Waals surface area (Å²) in [6.45, 7) is 0. The predicted molar refractivity (Wildman–Crippen MR) is 42.6 cm³/mol. The molecular weight excluding hydrogens is 186 g/mol. The van der Waals surface area contributed by atoms with E-state index < -0.39 is 24.2 Å². The Morgan fingerprint density at radius 1 is 1.67 bits per heavy atom. The number of halogens is 2. The van der Waals surface area contributed by atoms with Gasteiger partial charge in [-0.15, -0.1) is 0 Å². The van der Waals surface area contributed by atoms with Crippen LogP contribution in [0.1, 0.15) is 12.8 Å². The van der Waals surface area contributed by atoms with Gasteiger partial charge in [0, 0.05) is 12.2 Å². The summed E-state index contributed by atoms with van der Waals surface area (Å²) in [6, 6.07) is 0. The topological polar surface area (TPSA) is 37.3 Å². The number of aliphatic carboxylic acids is 1. The van der Waals surface area contributed by atoms with Crippen LogP contribution in [-0.2, 0) is 4.79 Å². The van der Waals surface area contributed by atoms with Crippen molar-refractivity contribution in [1.82, 2.24) is 0 Å². The Morgan fingerprint density at radius 2 is 2.33 bits per heavy atom. The Labute approximate surface area is 73.3 Å². The van der Waals surface area contributed by atoms with Crippen molar-refractivity contribution in [2.24, 2.45) is 5.41 Å². The van der Waals surface area contributed by atoms with E-state index in [1.165, 1.54) is 11.8 Å². The molecule has 70 valence electrons. The number of rotatable bonds is 3. The molecule has 0 saturated carbocycles. The summed E-state index contributed by atoms with van der Waals surface area (Å²) in [5.41, 5.74) is -1.15. The Morgan fingerprint density at radius 3 is 2.67 bits per heavy atom. The van der Waals surface area contributed by atoms with Crippen molar-refractivity contribution >= 4 is 17.7 Å². The molecule has 0 radical (unpaired) electrons. The lowest BCUT2D eigenvalue weighted by Crippen LogP contribution is -2.32. The largest absolute Gasteiger partial charge is 0.481 e. The number of hydrogen-bond donors (Lipinski definition) is 1. The minimum absolute atomic E-state index is 0.326. The highest BCUT2D eigenvalue weighted by Gasteiger charge is 2.43. The molecule has 1 aliphatic heterocycles. The monoisotopic (exact) mass is 196 g/mol. The number of carbonyl (C=O) groups is 1. The number of carboxylic acid groups (broad SMARTS) is 1. The van der Waals surface area contributed by atoms with Crippen LogP contribution in [0.3, 0.4) is 0 Å². The van der Waals surface area contributed by atoms with E-state index in [4.69, 9.17) is 5.11 Å². The summed E-state index contributed by atoms with van der Waals surface area (Å²) >= 11 is 1.44. The molecule has 12 heavy (non-hydrogen) atoms. The lowest BCUT2D eigenvalue weighted by Gasteiger charge is -2.21. The van der Waals surface area contributed by atoms with Gasteiger partial charge >= 0.3 is 5.97 Å². The normalized spacial score (nSPS) is 29.6. The molecular formula is C7H10F2O2S. The Balaban J connectivity index is 2.65. The summed E-state index contributed by atoms with van der Waals surface area (Å²) < 4.78 is 24.0. The number of thioether (sulfide) groups is 1. The maximum Gasteiger partial charge on any atom is 0.310 e. The van der Waals surface area contributed by atoms with Crippen LogP contribution in [0.2, 0.25) is 0 Å². The molecule has 1 saturated heterocycles. The van der Waals surface area contributed by atoms with Crippen LogP contribution in [0.4, 0.5) is 8.78 Å². The van der Waals surface area contributed by atoms with Gasteiger partial charge in [0.05, 0.1) is 5.41 Å². The average Bonchev–Trinajstić information content (AvgIpc) is 2.35. The van der Waals surface area contributed by atoms with Crippen LogP contribution in [0.15, 0.2) is 0 Å². The maximum atomic E-state index is 12.0. The number of carboxylic acids is 1. The molecule has 1 unspecified atom stereocenters. The molecule has 1 N–H and O–H groups in total. The van der Waals surface area contributed by atoms with Crippen molar-refractivity contribution < 1.29 is 18.7 Å². The second-order valence-corrected chi connectivity index (χ2v) is 4.09. The average molecular weight is 196 g/mol. The first-order valence-electron chi connectivity index (χ1n) is 3.66. The Hall–Kier alpha value is -0.320. The van der Waals surface area contributed by atoms with E-state index in [0.717, 1.165) is 0 Å². The molecule has 1 heterocycles. The van der Waals surface area contributed by atoms with Crippen LogP contribution in [0, 0.1) is 5.41 Å². The Kier molecular flexibility index (Phi) is 2.93. The first-order valence-corrected chi connectivity index (χ1v) is 4.82. The van der Waals surface area contributed by atoms with Gasteiger partial charge in [0.15, 0.2) is 0 Å². The second-order valence-electron chi connectivity index (χ2n) is 2.98. The second kappa shape index (κ2) is 3.60. The van der Waals surface area contributed by atoms with Gasteiger partial charge in [0.1, 0.15) is 0 Å². The first kappa shape index (κ1) is 9.77. The third kappa shape index (κ3) is 1.88. The van der Waals surface area contributed by atoms with Gasteiger partial charge in [0.25, 0.3) is 0 Å². The van der Waals surface area contributed by atoms with E-state index in [1.54, 1.807) is 0 Å². The molecule has 0 aliphatic carbocycles. The molecule has 0 amide bonds. The minimum Gasteiger partial charge on any atom is -0.481 e. The van der Waals surface area contributed by atoms with Gasteiger partial charge in [-0.1, -0.05) is 0 Å². The fourth-order valence-electron chi connectivity index (χ4n) is 1.32. The Bertz CT molecular complexity index is 178. The van der Waals surface area contributed by atoms with Crippen molar-refractivity contribution in [1.29, 1.82) is 0 Å². The number of hydrogen-bond acceptors (Lipinski definition) is 2. The summed E-state index contributed by atoms with van der Waals surface area (Å²) in [7, 11) is 0. The van der Waals surface area contributed by atoms with E-state index in [9.17, 15) is 13.6 Å². The summed E-state index contributed by atoms with van der Waals surface area (Å²) in [5, 5.41) is 8.77. The summed E-state index contributed by atoms with van der Waals surface area (Å²) in [6.07, 6.45) is -2.65. The highest BCUT2D eigenvalue weighted by atomic mass is 32.2. The van der Waals surface area contributed by atoms with Crippen molar-refractivity contribution in [3.05, 3.63) is 0 Å². The van der Waals surface area contributed by atoms with E-state index in [-0.39, 0.29) is 0 Å². The van der Waals surface area contributed by atoms with Crippen LogP contribution >= 0.6 is 11.8 Å². The van der Waals surface area contributed by atoms with Crippen molar-refractivity contribution in [2.45, 2.75) is 19.3 Å².